The normalized spacial score (nSPS) is 12.8. The molecule has 0 aromatic rings. The second-order valence-electron chi connectivity index (χ2n) is 23.1. The molecule has 0 saturated carbocycles. The zero-order valence-electron chi connectivity index (χ0n) is 51.0. The number of unbranched alkanes of at least 4 members (excludes halogenated alkanes) is 46. The molecule has 0 bridgehead atoms. The molecule has 76 heavy (non-hydrogen) atoms. The largest absolute Gasteiger partial charge is 0.466 e. The summed E-state index contributed by atoms with van der Waals surface area (Å²) in [6.45, 7) is 4.86. The summed E-state index contributed by atoms with van der Waals surface area (Å²) in [5.74, 6) is -0.0657. The summed E-state index contributed by atoms with van der Waals surface area (Å²) in [5, 5.41) is 23.2. The Balaban J connectivity index is 3.41. The molecule has 0 saturated heterocycles. The van der Waals surface area contributed by atoms with E-state index < -0.39 is 12.1 Å². The van der Waals surface area contributed by atoms with Crippen LogP contribution in [0.15, 0.2) is 48.6 Å². The summed E-state index contributed by atoms with van der Waals surface area (Å²) in [5.41, 5.74) is 0. The lowest BCUT2D eigenvalue weighted by Crippen LogP contribution is -2.45. The van der Waals surface area contributed by atoms with Gasteiger partial charge in [0.15, 0.2) is 0 Å². The number of carbonyl (C=O) groups is 2. The van der Waals surface area contributed by atoms with Gasteiger partial charge in [0.05, 0.1) is 25.4 Å². The summed E-state index contributed by atoms with van der Waals surface area (Å²) >= 11 is 0. The van der Waals surface area contributed by atoms with Crippen LogP contribution in [0, 0.1) is 0 Å². The molecule has 0 rings (SSSR count). The number of ether oxygens (including phenoxy) is 1. The van der Waals surface area contributed by atoms with Gasteiger partial charge in [-0.05, 0) is 83.5 Å². The van der Waals surface area contributed by atoms with Crippen molar-refractivity contribution in [3.63, 3.8) is 0 Å². The van der Waals surface area contributed by atoms with E-state index in [1.54, 1.807) is 6.08 Å². The third-order valence-corrected chi connectivity index (χ3v) is 15.5. The molecule has 6 heteroatoms. The Labute approximate surface area is 474 Å². The molecule has 446 valence electrons. The van der Waals surface area contributed by atoms with Gasteiger partial charge in [-0.25, -0.2) is 0 Å². The lowest BCUT2D eigenvalue weighted by atomic mass is 10.0. The van der Waals surface area contributed by atoms with Crippen molar-refractivity contribution >= 4 is 11.9 Å². The average molecular weight is 1070 g/mol. The van der Waals surface area contributed by atoms with Crippen LogP contribution < -0.4 is 5.32 Å². The van der Waals surface area contributed by atoms with E-state index in [4.69, 9.17) is 4.74 Å². The quantitative estimate of drug-likeness (QED) is 0.0320. The highest BCUT2D eigenvalue weighted by molar-refractivity contribution is 5.76. The Bertz CT molecular complexity index is 1270. The first-order valence-corrected chi connectivity index (χ1v) is 33.9. The molecule has 3 N–H and O–H groups in total. The second kappa shape index (κ2) is 65.3. The maximum atomic E-state index is 12.5. The molecule has 2 atom stereocenters. The Morgan fingerprint density at radius 3 is 1.07 bits per heavy atom. The predicted molar refractivity (Wildman–Crippen MR) is 333 cm³/mol. The molecule has 0 aliphatic carbocycles. The van der Waals surface area contributed by atoms with E-state index >= 15 is 0 Å². The van der Waals surface area contributed by atoms with Crippen molar-refractivity contribution in [1.82, 2.24) is 5.32 Å². The molecule has 0 heterocycles. The molecule has 0 aliphatic heterocycles. The average Bonchev–Trinajstić information content (AvgIpc) is 3.42. The summed E-state index contributed by atoms with van der Waals surface area (Å²) < 4.78 is 5.47. The fraction of sp³-hybridized carbons (Fsp3) is 0.857. The lowest BCUT2D eigenvalue weighted by Gasteiger charge is -2.20. The van der Waals surface area contributed by atoms with Gasteiger partial charge in [0, 0.05) is 12.8 Å². The highest BCUT2D eigenvalue weighted by atomic mass is 16.5. The highest BCUT2D eigenvalue weighted by Crippen LogP contribution is 2.18. The van der Waals surface area contributed by atoms with Crippen LogP contribution in [0.25, 0.3) is 0 Å². The molecule has 1 amide bonds. The van der Waals surface area contributed by atoms with E-state index in [1.807, 2.05) is 6.08 Å². The highest BCUT2D eigenvalue weighted by Gasteiger charge is 2.18. The summed E-state index contributed by atoms with van der Waals surface area (Å²) in [6, 6.07) is -0.629. The van der Waals surface area contributed by atoms with E-state index in [0.717, 1.165) is 51.4 Å². The van der Waals surface area contributed by atoms with Crippen LogP contribution in [0.5, 0.6) is 0 Å². The molecule has 2 unspecified atom stereocenters. The minimum absolute atomic E-state index is 0.00000646. The number of allylic oxidation sites excluding steroid dienone is 7. The van der Waals surface area contributed by atoms with Crippen molar-refractivity contribution in [2.45, 2.75) is 373 Å². The van der Waals surface area contributed by atoms with Crippen LogP contribution >= 0.6 is 0 Å². The number of esters is 1. The van der Waals surface area contributed by atoms with Gasteiger partial charge in [-0.2, -0.15) is 0 Å². The minimum Gasteiger partial charge on any atom is -0.466 e. The number of amides is 1. The molecule has 0 radical (unpaired) electrons. The monoisotopic (exact) mass is 1070 g/mol. The number of nitrogens with one attached hydrogen (secondary N) is 1. The Morgan fingerprint density at radius 1 is 0.368 bits per heavy atom. The van der Waals surface area contributed by atoms with Crippen LogP contribution in [-0.4, -0.2) is 47.4 Å². The Morgan fingerprint density at radius 2 is 0.684 bits per heavy atom. The molecular formula is C70H131NO5. The number of hydrogen-bond acceptors (Lipinski definition) is 5. The summed E-state index contributed by atoms with van der Waals surface area (Å²) in [4.78, 5) is 24.5. The predicted octanol–water partition coefficient (Wildman–Crippen LogP) is 21.7. The number of hydrogen-bond donors (Lipinski definition) is 3. The van der Waals surface area contributed by atoms with Crippen LogP contribution in [0.4, 0.5) is 0 Å². The Kier molecular flexibility index (Phi) is 63.5. The van der Waals surface area contributed by atoms with Crippen LogP contribution in [0.1, 0.15) is 361 Å². The molecular weight excluding hydrogens is 935 g/mol. The van der Waals surface area contributed by atoms with Gasteiger partial charge in [0.2, 0.25) is 5.91 Å². The summed E-state index contributed by atoms with van der Waals surface area (Å²) in [7, 11) is 0. The van der Waals surface area contributed by atoms with Gasteiger partial charge < -0.3 is 20.3 Å². The first-order chi connectivity index (χ1) is 37.5. The van der Waals surface area contributed by atoms with Crippen LogP contribution in [0.2, 0.25) is 0 Å². The van der Waals surface area contributed by atoms with Gasteiger partial charge in [-0.1, -0.05) is 313 Å². The summed E-state index contributed by atoms with van der Waals surface area (Å²) in [6.07, 6.45) is 84.6. The van der Waals surface area contributed by atoms with Crippen molar-refractivity contribution in [3.05, 3.63) is 48.6 Å². The third kappa shape index (κ3) is 61.0. The maximum absolute atomic E-state index is 12.5. The van der Waals surface area contributed by atoms with Crippen molar-refractivity contribution < 1.29 is 24.5 Å². The molecule has 0 aromatic heterocycles. The van der Waals surface area contributed by atoms with Gasteiger partial charge >= 0.3 is 5.97 Å². The van der Waals surface area contributed by atoms with Gasteiger partial charge in [-0.15, -0.1) is 0 Å². The molecule has 0 spiro atoms. The smallest absolute Gasteiger partial charge is 0.305 e. The third-order valence-electron chi connectivity index (χ3n) is 15.5. The first-order valence-electron chi connectivity index (χ1n) is 33.9. The standard InChI is InChI=1S/C70H131NO5/c1-3-5-7-9-11-13-15-17-18-19-32-35-39-42-46-50-54-58-62-68(73)67(66-72)71-69(74)63-59-55-51-47-43-40-36-33-30-28-26-24-22-20-21-23-25-27-29-31-34-37-41-45-49-53-57-61-65-76-70(75)64-60-56-52-48-44-38-16-14-12-10-8-6-4-2/h8,10,14,16,20-21,58,62,67-68,72-73H,3-7,9,11-13,15,17-19,22-57,59-61,63-66H2,1-2H3,(H,71,74)/b10-8-,16-14-,21-20-,62-58+. The van der Waals surface area contributed by atoms with Crippen molar-refractivity contribution in [2.75, 3.05) is 13.2 Å². The molecule has 0 aliphatic rings. The van der Waals surface area contributed by atoms with Crippen LogP contribution in [0.3, 0.4) is 0 Å². The fourth-order valence-electron chi connectivity index (χ4n) is 10.4. The number of aliphatic hydroxyl groups excluding tert-OH is 2. The Hall–Kier alpha value is -2.18. The van der Waals surface area contributed by atoms with Gasteiger partial charge in [-0.3, -0.25) is 9.59 Å². The lowest BCUT2D eigenvalue weighted by molar-refractivity contribution is -0.143. The maximum Gasteiger partial charge on any atom is 0.305 e. The van der Waals surface area contributed by atoms with Crippen LogP contribution in [-0.2, 0) is 14.3 Å². The minimum atomic E-state index is -0.845. The van der Waals surface area contributed by atoms with E-state index in [1.165, 1.54) is 283 Å². The zero-order chi connectivity index (χ0) is 55.0. The van der Waals surface area contributed by atoms with Gasteiger partial charge in [0.25, 0.3) is 0 Å². The SMILES string of the molecule is CCC/C=C\C/C=C\CCCCCCCC(=O)OCCCCCCCCCCCCCC/C=C\CCCCCCCCCCCCCCC(=O)NC(CO)C(O)/C=C/CCCCCCCCCCCCCCCCCC. The van der Waals surface area contributed by atoms with Crippen molar-refractivity contribution in [3.8, 4) is 0 Å². The van der Waals surface area contributed by atoms with E-state index in [0.29, 0.717) is 19.4 Å². The number of rotatable bonds is 63. The van der Waals surface area contributed by atoms with Crippen molar-refractivity contribution in [2.24, 2.45) is 0 Å². The zero-order valence-corrected chi connectivity index (χ0v) is 51.0. The van der Waals surface area contributed by atoms with E-state index in [-0.39, 0.29) is 18.5 Å². The fourth-order valence-corrected chi connectivity index (χ4v) is 10.4. The van der Waals surface area contributed by atoms with Gasteiger partial charge in [0.1, 0.15) is 0 Å². The number of carbonyl (C=O) groups excluding carboxylic acids is 2. The second-order valence-corrected chi connectivity index (χ2v) is 23.1. The first kappa shape index (κ1) is 73.8. The molecule has 6 nitrogen and oxygen atoms in total. The molecule has 0 fully saturated rings. The topological polar surface area (TPSA) is 95.9 Å². The van der Waals surface area contributed by atoms with E-state index in [2.05, 4.69) is 55.6 Å². The van der Waals surface area contributed by atoms with Crippen molar-refractivity contribution in [1.29, 1.82) is 0 Å². The molecule has 0 aromatic carbocycles. The number of aliphatic hydroxyl groups is 2. The van der Waals surface area contributed by atoms with E-state index in [9.17, 15) is 19.8 Å².